The van der Waals surface area contributed by atoms with E-state index in [1.165, 1.54) is 25.7 Å². The number of hydrogen-bond donors (Lipinski definition) is 1. The highest BCUT2D eigenvalue weighted by molar-refractivity contribution is 5.82. The van der Waals surface area contributed by atoms with Crippen molar-refractivity contribution in [1.29, 1.82) is 0 Å². The number of carbonyl (C=O) groups excluding carboxylic acids is 1. The molecule has 1 saturated heterocycles. The van der Waals surface area contributed by atoms with Crippen molar-refractivity contribution >= 4 is 5.91 Å². The molecule has 0 spiro atoms. The summed E-state index contributed by atoms with van der Waals surface area (Å²) in [5.74, 6) is 1.01. The minimum absolute atomic E-state index is 0.245. The molecule has 1 atom stereocenters. The molecule has 2 aliphatic rings. The van der Waals surface area contributed by atoms with Crippen LogP contribution in [0.2, 0.25) is 0 Å². The Morgan fingerprint density at radius 2 is 1.85 bits per heavy atom. The van der Waals surface area contributed by atoms with Gasteiger partial charge < -0.3 is 5.32 Å². The lowest BCUT2D eigenvalue weighted by Crippen LogP contribution is -2.53. The first kappa shape index (κ1) is 9.04. The van der Waals surface area contributed by atoms with Gasteiger partial charge in [0, 0.05) is 12.5 Å². The fourth-order valence-corrected chi connectivity index (χ4v) is 2.49. The van der Waals surface area contributed by atoms with Crippen molar-refractivity contribution in [3.8, 4) is 0 Å². The lowest BCUT2D eigenvalue weighted by molar-refractivity contribution is -0.129. The summed E-state index contributed by atoms with van der Waals surface area (Å²) < 4.78 is 0. The number of β-lactam (4-membered cyclic amide) rings is 1. The van der Waals surface area contributed by atoms with Crippen molar-refractivity contribution in [3.05, 3.63) is 0 Å². The fraction of sp³-hybridized carbons (Fsp3) is 0.909. The van der Waals surface area contributed by atoms with E-state index in [9.17, 15) is 4.79 Å². The van der Waals surface area contributed by atoms with Gasteiger partial charge in [0.2, 0.25) is 5.91 Å². The summed E-state index contributed by atoms with van der Waals surface area (Å²) in [5, 5.41) is 3.00. The van der Waals surface area contributed by atoms with Crippen molar-refractivity contribution < 1.29 is 4.79 Å². The molecule has 2 rings (SSSR count). The number of nitrogens with one attached hydrogen (secondary N) is 1. The average molecular weight is 181 g/mol. The predicted octanol–water partition coefficient (Wildman–Crippen LogP) is 2.09. The molecule has 0 radical (unpaired) electrons. The first-order valence-electron chi connectivity index (χ1n) is 5.36. The van der Waals surface area contributed by atoms with E-state index in [2.05, 4.69) is 19.2 Å². The van der Waals surface area contributed by atoms with Gasteiger partial charge in [-0.15, -0.1) is 0 Å². The zero-order valence-electron chi connectivity index (χ0n) is 8.60. The zero-order valence-corrected chi connectivity index (χ0v) is 8.60. The molecule has 0 aromatic heterocycles. The Hall–Kier alpha value is -0.530. The fourth-order valence-electron chi connectivity index (χ4n) is 2.49. The van der Waals surface area contributed by atoms with Crippen LogP contribution in [0.5, 0.6) is 0 Å². The van der Waals surface area contributed by atoms with E-state index in [0.717, 1.165) is 12.3 Å². The zero-order chi connectivity index (χ0) is 9.47. The summed E-state index contributed by atoms with van der Waals surface area (Å²) in [7, 11) is 0. The maximum atomic E-state index is 10.8. The summed E-state index contributed by atoms with van der Waals surface area (Å²) in [6.07, 6.45) is 6.04. The van der Waals surface area contributed by atoms with Gasteiger partial charge in [0.05, 0.1) is 0 Å². The van der Waals surface area contributed by atoms with Crippen molar-refractivity contribution in [2.45, 2.75) is 52.0 Å². The lowest BCUT2D eigenvalue weighted by Gasteiger charge is -2.41. The highest BCUT2D eigenvalue weighted by atomic mass is 16.2. The van der Waals surface area contributed by atoms with Gasteiger partial charge in [-0.25, -0.2) is 0 Å². The van der Waals surface area contributed by atoms with Gasteiger partial charge >= 0.3 is 0 Å². The molecule has 2 fully saturated rings. The third-order valence-electron chi connectivity index (χ3n) is 3.70. The SMILES string of the molecule is CC1(C)CCC(C2CC(=O)N2)CC1. The van der Waals surface area contributed by atoms with E-state index in [0.29, 0.717) is 11.5 Å². The van der Waals surface area contributed by atoms with E-state index in [1.54, 1.807) is 0 Å². The van der Waals surface area contributed by atoms with Crippen LogP contribution in [0.4, 0.5) is 0 Å². The summed E-state index contributed by atoms with van der Waals surface area (Å²) in [6, 6.07) is 0.517. The summed E-state index contributed by atoms with van der Waals surface area (Å²) in [4.78, 5) is 10.8. The highest BCUT2D eigenvalue weighted by Gasteiger charge is 2.36. The Morgan fingerprint density at radius 3 is 2.31 bits per heavy atom. The largest absolute Gasteiger partial charge is 0.353 e. The Bertz CT molecular complexity index is 204. The van der Waals surface area contributed by atoms with E-state index < -0.39 is 0 Å². The van der Waals surface area contributed by atoms with Crippen LogP contribution in [0.25, 0.3) is 0 Å². The Labute approximate surface area is 80.1 Å². The standard InChI is InChI=1S/C11H19NO/c1-11(2)5-3-8(4-6-11)9-7-10(13)12-9/h8-9H,3-7H2,1-2H3,(H,12,13). The van der Waals surface area contributed by atoms with Gasteiger partial charge in [-0.3, -0.25) is 4.79 Å². The number of carbonyl (C=O) groups is 1. The molecule has 13 heavy (non-hydrogen) atoms. The molecule has 1 aliphatic carbocycles. The molecule has 0 aromatic rings. The maximum Gasteiger partial charge on any atom is 0.222 e. The van der Waals surface area contributed by atoms with Crippen LogP contribution in [0.15, 0.2) is 0 Å². The molecule has 1 heterocycles. The molecule has 1 saturated carbocycles. The predicted molar refractivity (Wildman–Crippen MR) is 52.3 cm³/mol. The summed E-state index contributed by atoms with van der Waals surface area (Å²) in [6.45, 7) is 4.70. The van der Waals surface area contributed by atoms with Gasteiger partial charge in [0.1, 0.15) is 0 Å². The van der Waals surface area contributed by atoms with E-state index in [4.69, 9.17) is 0 Å². The molecule has 1 unspecified atom stereocenters. The van der Waals surface area contributed by atoms with Crippen molar-refractivity contribution in [1.82, 2.24) is 5.32 Å². The van der Waals surface area contributed by atoms with Crippen LogP contribution in [-0.2, 0) is 4.79 Å². The second kappa shape index (κ2) is 3.00. The van der Waals surface area contributed by atoms with Gasteiger partial charge in [-0.1, -0.05) is 13.8 Å². The molecular weight excluding hydrogens is 162 g/mol. The molecule has 2 nitrogen and oxygen atoms in total. The van der Waals surface area contributed by atoms with Crippen molar-refractivity contribution in [2.24, 2.45) is 11.3 Å². The van der Waals surface area contributed by atoms with Crippen LogP contribution in [-0.4, -0.2) is 11.9 Å². The third-order valence-corrected chi connectivity index (χ3v) is 3.70. The lowest BCUT2D eigenvalue weighted by atomic mass is 9.69. The van der Waals surface area contributed by atoms with Crippen LogP contribution in [0.1, 0.15) is 46.0 Å². The van der Waals surface area contributed by atoms with Gasteiger partial charge in [-0.05, 0) is 37.0 Å². The van der Waals surface area contributed by atoms with Gasteiger partial charge in [0.25, 0.3) is 0 Å². The first-order chi connectivity index (χ1) is 6.07. The van der Waals surface area contributed by atoms with E-state index in [1.807, 2.05) is 0 Å². The number of hydrogen-bond acceptors (Lipinski definition) is 1. The molecular formula is C11H19NO. The number of rotatable bonds is 1. The molecule has 1 N–H and O–H groups in total. The topological polar surface area (TPSA) is 29.1 Å². The minimum Gasteiger partial charge on any atom is -0.353 e. The van der Waals surface area contributed by atoms with E-state index in [-0.39, 0.29) is 5.91 Å². The van der Waals surface area contributed by atoms with Crippen LogP contribution in [0.3, 0.4) is 0 Å². The maximum absolute atomic E-state index is 10.8. The Kier molecular flexibility index (Phi) is 2.09. The molecule has 2 heteroatoms. The van der Waals surface area contributed by atoms with Crippen molar-refractivity contribution in [3.63, 3.8) is 0 Å². The van der Waals surface area contributed by atoms with Crippen molar-refractivity contribution in [2.75, 3.05) is 0 Å². The van der Waals surface area contributed by atoms with Crippen LogP contribution < -0.4 is 5.32 Å². The molecule has 1 aliphatic heterocycles. The quantitative estimate of drug-likeness (QED) is 0.617. The molecule has 0 aromatic carbocycles. The average Bonchev–Trinajstić information content (AvgIpc) is 2.00. The third kappa shape index (κ3) is 1.87. The second-order valence-corrected chi connectivity index (χ2v) is 5.38. The molecule has 1 amide bonds. The Morgan fingerprint density at radius 1 is 1.31 bits per heavy atom. The highest BCUT2D eigenvalue weighted by Crippen LogP contribution is 2.40. The summed E-state index contributed by atoms with van der Waals surface area (Å²) in [5.41, 5.74) is 0.546. The normalized spacial score (nSPS) is 33.7. The minimum atomic E-state index is 0.245. The Balaban J connectivity index is 1.82. The summed E-state index contributed by atoms with van der Waals surface area (Å²) >= 11 is 0. The van der Waals surface area contributed by atoms with Gasteiger partial charge in [0.15, 0.2) is 0 Å². The first-order valence-corrected chi connectivity index (χ1v) is 5.36. The number of amides is 1. The monoisotopic (exact) mass is 181 g/mol. The second-order valence-electron chi connectivity index (χ2n) is 5.38. The molecule has 0 bridgehead atoms. The van der Waals surface area contributed by atoms with Crippen LogP contribution >= 0.6 is 0 Å². The van der Waals surface area contributed by atoms with E-state index >= 15 is 0 Å². The van der Waals surface area contributed by atoms with Gasteiger partial charge in [-0.2, -0.15) is 0 Å². The van der Waals surface area contributed by atoms with Crippen LogP contribution in [0, 0.1) is 11.3 Å². The molecule has 74 valence electrons. The smallest absolute Gasteiger partial charge is 0.222 e.